The van der Waals surface area contributed by atoms with Crippen molar-refractivity contribution in [3.63, 3.8) is 0 Å². The minimum Gasteiger partial charge on any atom is -0.351 e. The molecule has 0 radical (unpaired) electrons. The number of carbonyl (C=O) groups is 1. The maximum atomic E-state index is 11.9. The zero-order valence-electron chi connectivity index (χ0n) is 10.4. The second-order valence-electron chi connectivity index (χ2n) is 5.03. The van der Waals surface area contributed by atoms with Crippen molar-refractivity contribution >= 4 is 22.6 Å². The summed E-state index contributed by atoms with van der Waals surface area (Å²) in [5, 5.41) is 3.88. The second-order valence-corrected chi connectivity index (χ2v) is 5.78. The van der Waals surface area contributed by atoms with Crippen molar-refractivity contribution in [3.05, 3.63) is 5.82 Å². The normalized spacial score (nSPS) is 19.9. The fourth-order valence-corrected chi connectivity index (χ4v) is 2.86. The molecule has 1 amide bonds. The van der Waals surface area contributed by atoms with Crippen LogP contribution in [0.15, 0.2) is 0 Å². The van der Waals surface area contributed by atoms with E-state index < -0.39 is 0 Å². The standard InChI is InChI=1S/C12H18N4OS/c17-10(16-6-2-1-3-7-16)8-13-12-14-11(15-18-12)9-4-5-9/h9H,1-8H2,(H,13,14,15). The van der Waals surface area contributed by atoms with Crippen LogP contribution in [-0.4, -0.2) is 39.8 Å². The summed E-state index contributed by atoms with van der Waals surface area (Å²) in [6, 6.07) is 0. The maximum Gasteiger partial charge on any atom is 0.241 e. The Morgan fingerprint density at radius 3 is 2.83 bits per heavy atom. The molecule has 18 heavy (non-hydrogen) atoms. The summed E-state index contributed by atoms with van der Waals surface area (Å²) < 4.78 is 4.31. The third kappa shape index (κ3) is 2.80. The zero-order valence-corrected chi connectivity index (χ0v) is 11.2. The smallest absolute Gasteiger partial charge is 0.241 e. The van der Waals surface area contributed by atoms with Crippen molar-refractivity contribution in [2.45, 2.75) is 38.0 Å². The molecular formula is C12H18N4OS. The minimum atomic E-state index is 0.179. The van der Waals surface area contributed by atoms with E-state index in [0.717, 1.165) is 36.9 Å². The third-order valence-corrected chi connectivity index (χ3v) is 4.17. The molecule has 1 aromatic rings. The number of amides is 1. The number of aromatic nitrogens is 2. The highest BCUT2D eigenvalue weighted by Crippen LogP contribution is 2.39. The lowest BCUT2D eigenvalue weighted by atomic mass is 10.1. The lowest BCUT2D eigenvalue weighted by Gasteiger charge is -2.26. The lowest BCUT2D eigenvalue weighted by Crippen LogP contribution is -2.39. The van der Waals surface area contributed by atoms with E-state index in [1.807, 2.05) is 4.90 Å². The molecule has 98 valence electrons. The highest BCUT2D eigenvalue weighted by molar-refractivity contribution is 7.09. The van der Waals surface area contributed by atoms with E-state index in [1.54, 1.807) is 0 Å². The molecule has 1 aliphatic carbocycles. The van der Waals surface area contributed by atoms with Gasteiger partial charge >= 0.3 is 0 Å². The van der Waals surface area contributed by atoms with Gasteiger partial charge in [-0.25, -0.2) is 4.98 Å². The van der Waals surface area contributed by atoms with Crippen LogP contribution in [0.1, 0.15) is 43.8 Å². The van der Waals surface area contributed by atoms with Crippen molar-refractivity contribution in [1.82, 2.24) is 14.3 Å². The Balaban J connectivity index is 1.48. The van der Waals surface area contributed by atoms with E-state index in [1.165, 1.54) is 30.8 Å². The number of carbonyl (C=O) groups excluding carboxylic acids is 1. The first-order valence-electron chi connectivity index (χ1n) is 6.68. The summed E-state index contributed by atoms with van der Waals surface area (Å²) in [5.74, 6) is 1.71. The van der Waals surface area contributed by atoms with E-state index >= 15 is 0 Å². The maximum absolute atomic E-state index is 11.9. The number of hydrogen-bond acceptors (Lipinski definition) is 5. The molecule has 2 heterocycles. The predicted octanol–water partition coefficient (Wildman–Crippen LogP) is 1.84. The number of anilines is 1. The Kier molecular flexibility index (Phi) is 3.45. The van der Waals surface area contributed by atoms with Crippen LogP contribution in [0, 0.1) is 0 Å². The van der Waals surface area contributed by atoms with Crippen LogP contribution in [0.2, 0.25) is 0 Å². The number of likely N-dealkylation sites (tertiary alicyclic amines) is 1. The van der Waals surface area contributed by atoms with E-state index in [2.05, 4.69) is 14.7 Å². The van der Waals surface area contributed by atoms with E-state index in [9.17, 15) is 4.79 Å². The van der Waals surface area contributed by atoms with Crippen LogP contribution in [0.4, 0.5) is 5.13 Å². The van der Waals surface area contributed by atoms with Gasteiger partial charge in [0.25, 0.3) is 0 Å². The average Bonchev–Trinajstić information content (AvgIpc) is 3.16. The molecule has 3 rings (SSSR count). The summed E-state index contributed by atoms with van der Waals surface area (Å²) in [6.07, 6.45) is 5.94. The lowest BCUT2D eigenvalue weighted by molar-refractivity contribution is -0.130. The van der Waals surface area contributed by atoms with Crippen molar-refractivity contribution in [1.29, 1.82) is 0 Å². The van der Waals surface area contributed by atoms with Gasteiger partial charge in [0.05, 0.1) is 6.54 Å². The SMILES string of the molecule is O=C(CNc1nc(C2CC2)ns1)N1CCCCC1. The van der Waals surface area contributed by atoms with Gasteiger partial charge in [0.1, 0.15) is 5.82 Å². The molecule has 2 aliphatic rings. The molecule has 1 saturated carbocycles. The van der Waals surface area contributed by atoms with Gasteiger partial charge in [-0.15, -0.1) is 0 Å². The molecule has 1 aliphatic heterocycles. The van der Waals surface area contributed by atoms with Crippen molar-refractivity contribution in [3.8, 4) is 0 Å². The van der Waals surface area contributed by atoms with Crippen LogP contribution in [0.3, 0.4) is 0 Å². The first-order chi connectivity index (χ1) is 8.83. The Bertz CT molecular complexity index is 423. The largest absolute Gasteiger partial charge is 0.351 e. The fraction of sp³-hybridized carbons (Fsp3) is 0.750. The Morgan fingerprint density at radius 1 is 1.33 bits per heavy atom. The molecule has 0 spiro atoms. The Labute approximate surface area is 111 Å². The van der Waals surface area contributed by atoms with Crippen LogP contribution in [0.5, 0.6) is 0 Å². The number of nitrogens with zero attached hydrogens (tertiary/aromatic N) is 3. The Hall–Kier alpha value is -1.17. The number of rotatable bonds is 4. The third-order valence-electron chi connectivity index (χ3n) is 3.48. The number of piperidine rings is 1. The number of hydrogen-bond donors (Lipinski definition) is 1. The summed E-state index contributed by atoms with van der Waals surface area (Å²) in [4.78, 5) is 18.3. The van der Waals surface area contributed by atoms with Crippen LogP contribution in [0.25, 0.3) is 0 Å². The molecule has 6 heteroatoms. The zero-order chi connectivity index (χ0) is 12.4. The molecule has 1 aromatic heterocycles. The summed E-state index contributed by atoms with van der Waals surface area (Å²) >= 11 is 1.36. The van der Waals surface area contributed by atoms with Gasteiger partial charge in [0.15, 0.2) is 0 Å². The van der Waals surface area contributed by atoms with Gasteiger partial charge in [0.2, 0.25) is 11.0 Å². The van der Waals surface area contributed by atoms with Gasteiger partial charge in [-0.3, -0.25) is 4.79 Å². The molecule has 0 unspecified atom stereocenters. The van der Waals surface area contributed by atoms with Gasteiger partial charge < -0.3 is 10.2 Å². The highest BCUT2D eigenvalue weighted by Gasteiger charge is 2.27. The van der Waals surface area contributed by atoms with E-state index in [0.29, 0.717) is 12.5 Å². The van der Waals surface area contributed by atoms with Crippen molar-refractivity contribution in [2.75, 3.05) is 25.0 Å². The first kappa shape index (κ1) is 11.9. The monoisotopic (exact) mass is 266 g/mol. The summed E-state index contributed by atoms with van der Waals surface area (Å²) in [7, 11) is 0. The predicted molar refractivity (Wildman–Crippen MR) is 70.8 cm³/mol. The highest BCUT2D eigenvalue weighted by atomic mass is 32.1. The average molecular weight is 266 g/mol. The summed E-state index contributed by atoms with van der Waals surface area (Å²) in [5.41, 5.74) is 0. The second kappa shape index (κ2) is 5.22. The van der Waals surface area contributed by atoms with Crippen molar-refractivity contribution in [2.24, 2.45) is 0 Å². The quantitative estimate of drug-likeness (QED) is 0.903. The van der Waals surface area contributed by atoms with E-state index in [-0.39, 0.29) is 5.91 Å². The molecule has 2 fully saturated rings. The molecular weight excluding hydrogens is 248 g/mol. The molecule has 5 nitrogen and oxygen atoms in total. The fourth-order valence-electron chi connectivity index (χ4n) is 2.22. The van der Waals surface area contributed by atoms with Crippen LogP contribution in [-0.2, 0) is 4.79 Å². The minimum absolute atomic E-state index is 0.179. The van der Waals surface area contributed by atoms with Crippen LogP contribution < -0.4 is 5.32 Å². The van der Waals surface area contributed by atoms with Gasteiger partial charge in [-0.1, -0.05) is 0 Å². The first-order valence-corrected chi connectivity index (χ1v) is 7.45. The number of nitrogens with one attached hydrogen (secondary N) is 1. The van der Waals surface area contributed by atoms with Gasteiger partial charge in [-0.2, -0.15) is 4.37 Å². The Morgan fingerprint density at radius 2 is 2.11 bits per heavy atom. The molecule has 1 saturated heterocycles. The summed E-state index contributed by atoms with van der Waals surface area (Å²) in [6.45, 7) is 2.16. The van der Waals surface area contributed by atoms with Crippen molar-refractivity contribution < 1.29 is 4.79 Å². The van der Waals surface area contributed by atoms with Gasteiger partial charge in [0, 0.05) is 30.5 Å². The molecule has 0 atom stereocenters. The molecule has 1 N–H and O–H groups in total. The van der Waals surface area contributed by atoms with Gasteiger partial charge in [-0.05, 0) is 32.1 Å². The molecule has 0 bridgehead atoms. The van der Waals surface area contributed by atoms with Crippen LogP contribution >= 0.6 is 11.5 Å². The van der Waals surface area contributed by atoms with E-state index in [4.69, 9.17) is 0 Å². The topological polar surface area (TPSA) is 58.1 Å². The molecule has 0 aromatic carbocycles.